The summed E-state index contributed by atoms with van der Waals surface area (Å²) < 4.78 is 1.08. The maximum Gasteiger partial charge on any atom is 0.233 e. The van der Waals surface area contributed by atoms with E-state index < -0.39 is 0 Å². The fourth-order valence-electron chi connectivity index (χ4n) is 4.31. The monoisotopic (exact) mass is 378 g/mol. The van der Waals surface area contributed by atoms with Gasteiger partial charge < -0.3 is 10.2 Å². The van der Waals surface area contributed by atoms with Gasteiger partial charge in [0.15, 0.2) is 0 Å². The second-order valence-corrected chi connectivity index (χ2v) is 8.01. The first-order valence-electron chi connectivity index (χ1n) is 8.86. The van der Waals surface area contributed by atoms with Gasteiger partial charge in [-0.15, -0.1) is 0 Å². The molecule has 1 aliphatic carbocycles. The molecule has 2 aliphatic rings. The first kappa shape index (κ1) is 17.0. The number of likely N-dealkylation sites (tertiary alicyclic amines) is 1. The first-order chi connectivity index (χ1) is 11.2. The first-order valence-corrected chi connectivity index (χ1v) is 9.65. The number of benzene rings is 1. The Morgan fingerprint density at radius 1 is 1.22 bits per heavy atom. The molecule has 1 heterocycles. The van der Waals surface area contributed by atoms with Crippen LogP contribution in [0.1, 0.15) is 44.1 Å². The van der Waals surface area contributed by atoms with Crippen LogP contribution in [-0.4, -0.2) is 37.5 Å². The summed E-state index contributed by atoms with van der Waals surface area (Å²) in [7, 11) is 2.01. The summed E-state index contributed by atoms with van der Waals surface area (Å²) in [5, 5.41) is 3.27. The van der Waals surface area contributed by atoms with Crippen molar-refractivity contribution in [1.82, 2.24) is 10.2 Å². The Balaban J connectivity index is 1.76. The van der Waals surface area contributed by atoms with Gasteiger partial charge in [-0.25, -0.2) is 0 Å². The standard InChI is InChI=1S/C19H27BrN2O/c1-21-14-15-8-12-22(13-9-15)18(23)19(10-2-3-11-19)16-4-6-17(20)7-5-16/h4-7,15,21H,2-3,8-14H2,1H3. The van der Waals surface area contributed by atoms with Crippen molar-refractivity contribution in [2.24, 2.45) is 5.92 Å². The van der Waals surface area contributed by atoms with E-state index in [1.807, 2.05) is 7.05 Å². The molecule has 1 saturated carbocycles. The van der Waals surface area contributed by atoms with Gasteiger partial charge in [-0.2, -0.15) is 0 Å². The van der Waals surface area contributed by atoms with Crippen molar-refractivity contribution in [3.05, 3.63) is 34.3 Å². The molecule has 2 fully saturated rings. The largest absolute Gasteiger partial charge is 0.342 e. The lowest BCUT2D eigenvalue weighted by molar-refractivity contribution is -0.138. The van der Waals surface area contributed by atoms with Crippen LogP contribution in [0.25, 0.3) is 0 Å². The van der Waals surface area contributed by atoms with E-state index in [0.29, 0.717) is 5.91 Å². The van der Waals surface area contributed by atoms with Gasteiger partial charge in [0, 0.05) is 17.6 Å². The fraction of sp³-hybridized carbons (Fsp3) is 0.632. The minimum absolute atomic E-state index is 0.267. The molecule has 1 aromatic carbocycles. The van der Waals surface area contributed by atoms with Crippen molar-refractivity contribution in [3.8, 4) is 0 Å². The van der Waals surface area contributed by atoms with E-state index >= 15 is 0 Å². The quantitative estimate of drug-likeness (QED) is 0.865. The lowest BCUT2D eigenvalue weighted by Crippen LogP contribution is -2.49. The number of nitrogens with zero attached hydrogens (tertiary/aromatic N) is 1. The summed E-state index contributed by atoms with van der Waals surface area (Å²) in [6.07, 6.45) is 6.59. The number of hydrogen-bond donors (Lipinski definition) is 1. The summed E-state index contributed by atoms with van der Waals surface area (Å²) >= 11 is 3.51. The maximum absolute atomic E-state index is 13.4. The van der Waals surface area contributed by atoms with Gasteiger partial charge >= 0.3 is 0 Å². The molecule has 1 aromatic rings. The van der Waals surface area contributed by atoms with Gasteiger partial charge in [-0.3, -0.25) is 4.79 Å². The van der Waals surface area contributed by atoms with Crippen molar-refractivity contribution in [2.75, 3.05) is 26.7 Å². The minimum Gasteiger partial charge on any atom is -0.342 e. The predicted molar refractivity (Wildman–Crippen MR) is 97.5 cm³/mol. The van der Waals surface area contributed by atoms with Crippen LogP contribution in [0.3, 0.4) is 0 Å². The predicted octanol–water partition coefficient (Wildman–Crippen LogP) is 3.72. The smallest absolute Gasteiger partial charge is 0.233 e. The Morgan fingerprint density at radius 3 is 2.39 bits per heavy atom. The Bertz CT molecular complexity index is 529. The molecule has 4 heteroatoms. The Labute approximate surface area is 148 Å². The lowest BCUT2D eigenvalue weighted by atomic mass is 9.77. The third-order valence-corrected chi connectivity index (χ3v) is 6.19. The van der Waals surface area contributed by atoms with E-state index in [-0.39, 0.29) is 5.41 Å². The molecular formula is C19H27BrN2O. The molecule has 0 radical (unpaired) electrons. The van der Waals surface area contributed by atoms with Crippen LogP contribution >= 0.6 is 15.9 Å². The van der Waals surface area contributed by atoms with Gasteiger partial charge in [0.2, 0.25) is 5.91 Å². The molecule has 0 atom stereocenters. The van der Waals surface area contributed by atoms with Gasteiger partial charge in [-0.1, -0.05) is 40.9 Å². The van der Waals surface area contributed by atoms with E-state index in [0.717, 1.165) is 68.5 Å². The molecule has 1 N–H and O–H groups in total. The van der Waals surface area contributed by atoms with Crippen LogP contribution in [0, 0.1) is 5.92 Å². The van der Waals surface area contributed by atoms with E-state index in [1.54, 1.807) is 0 Å². The number of hydrogen-bond acceptors (Lipinski definition) is 2. The van der Waals surface area contributed by atoms with Crippen LogP contribution in [0.5, 0.6) is 0 Å². The molecular weight excluding hydrogens is 352 g/mol. The summed E-state index contributed by atoms with van der Waals surface area (Å²) in [5.74, 6) is 1.09. The van der Waals surface area contributed by atoms with E-state index in [1.165, 1.54) is 5.56 Å². The number of halogens is 1. The normalized spacial score (nSPS) is 21.6. The number of piperidine rings is 1. The average molecular weight is 379 g/mol. The highest BCUT2D eigenvalue weighted by molar-refractivity contribution is 9.10. The number of rotatable bonds is 4. The molecule has 0 unspecified atom stereocenters. The third-order valence-electron chi connectivity index (χ3n) is 5.66. The maximum atomic E-state index is 13.4. The van der Waals surface area contributed by atoms with Crippen LogP contribution in [0.15, 0.2) is 28.7 Å². The Kier molecular flexibility index (Phi) is 5.42. The van der Waals surface area contributed by atoms with Gasteiger partial charge in [0.05, 0.1) is 5.41 Å². The second kappa shape index (κ2) is 7.35. The highest BCUT2D eigenvalue weighted by atomic mass is 79.9. The molecule has 3 nitrogen and oxygen atoms in total. The van der Waals surface area contributed by atoms with Crippen molar-refractivity contribution in [2.45, 2.75) is 43.9 Å². The van der Waals surface area contributed by atoms with Crippen molar-refractivity contribution < 1.29 is 4.79 Å². The summed E-state index contributed by atoms with van der Waals surface area (Å²) in [5.41, 5.74) is 0.942. The number of amides is 1. The molecule has 0 aromatic heterocycles. The fourth-order valence-corrected chi connectivity index (χ4v) is 4.57. The Morgan fingerprint density at radius 2 is 1.83 bits per heavy atom. The van der Waals surface area contributed by atoms with Crippen LogP contribution in [-0.2, 0) is 10.2 Å². The Hall–Kier alpha value is -0.870. The molecule has 1 aliphatic heterocycles. The number of carbonyl (C=O) groups is 1. The molecule has 23 heavy (non-hydrogen) atoms. The molecule has 1 amide bonds. The topological polar surface area (TPSA) is 32.3 Å². The molecule has 126 valence electrons. The zero-order chi connectivity index (χ0) is 16.3. The average Bonchev–Trinajstić information content (AvgIpc) is 3.07. The number of nitrogens with one attached hydrogen (secondary N) is 1. The van der Waals surface area contributed by atoms with Crippen molar-refractivity contribution in [1.29, 1.82) is 0 Å². The second-order valence-electron chi connectivity index (χ2n) is 7.09. The SMILES string of the molecule is CNCC1CCN(C(=O)C2(c3ccc(Br)cc3)CCCC2)CC1. The van der Waals surface area contributed by atoms with E-state index in [9.17, 15) is 4.79 Å². The summed E-state index contributed by atoms with van der Waals surface area (Å²) in [4.78, 5) is 15.5. The zero-order valence-electron chi connectivity index (χ0n) is 14.0. The minimum atomic E-state index is -0.267. The van der Waals surface area contributed by atoms with E-state index in [4.69, 9.17) is 0 Å². The molecule has 1 saturated heterocycles. The van der Waals surface area contributed by atoms with Gasteiger partial charge in [-0.05, 0) is 62.9 Å². The zero-order valence-corrected chi connectivity index (χ0v) is 15.6. The summed E-state index contributed by atoms with van der Waals surface area (Å²) in [6.45, 7) is 2.91. The van der Waals surface area contributed by atoms with Crippen LogP contribution < -0.4 is 5.32 Å². The van der Waals surface area contributed by atoms with Gasteiger partial charge in [0.1, 0.15) is 0 Å². The van der Waals surface area contributed by atoms with Crippen molar-refractivity contribution >= 4 is 21.8 Å². The lowest BCUT2D eigenvalue weighted by Gasteiger charge is -2.39. The summed E-state index contributed by atoms with van der Waals surface area (Å²) in [6, 6.07) is 8.42. The van der Waals surface area contributed by atoms with E-state index in [2.05, 4.69) is 50.4 Å². The highest BCUT2D eigenvalue weighted by Crippen LogP contribution is 2.43. The molecule has 0 spiro atoms. The number of carbonyl (C=O) groups excluding carboxylic acids is 1. The molecule has 0 bridgehead atoms. The van der Waals surface area contributed by atoms with Crippen LogP contribution in [0.2, 0.25) is 0 Å². The highest BCUT2D eigenvalue weighted by Gasteiger charge is 2.45. The third kappa shape index (κ3) is 3.48. The van der Waals surface area contributed by atoms with Crippen molar-refractivity contribution in [3.63, 3.8) is 0 Å². The van der Waals surface area contributed by atoms with Crippen LogP contribution in [0.4, 0.5) is 0 Å². The van der Waals surface area contributed by atoms with Gasteiger partial charge in [0.25, 0.3) is 0 Å². The molecule has 3 rings (SSSR count).